The maximum atomic E-state index is 11.2. The Labute approximate surface area is 86.5 Å². The van der Waals surface area contributed by atoms with Crippen molar-refractivity contribution in [1.29, 1.82) is 0 Å². The number of rotatable bonds is 1. The van der Waals surface area contributed by atoms with E-state index in [1.54, 1.807) is 6.07 Å². The summed E-state index contributed by atoms with van der Waals surface area (Å²) in [6.07, 6.45) is 1.93. The van der Waals surface area contributed by atoms with Crippen molar-refractivity contribution in [2.75, 3.05) is 0 Å². The molecule has 0 spiro atoms. The first-order valence-corrected chi connectivity index (χ1v) is 5.01. The smallest absolute Gasteiger partial charge is 0.336 e. The molecule has 1 fully saturated rings. The van der Waals surface area contributed by atoms with Gasteiger partial charge >= 0.3 is 5.63 Å². The summed E-state index contributed by atoms with van der Waals surface area (Å²) in [7, 11) is 0. The van der Waals surface area contributed by atoms with E-state index in [4.69, 9.17) is 10.2 Å². The van der Waals surface area contributed by atoms with Gasteiger partial charge in [-0.3, -0.25) is 0 Å². The van der Waals surface area contributed by atoms with Crippen LogP contribution in [0.3, 0.4) is 0 Å². The third-order valence-electron chi connectivity index (χ3n) is 2.97. The Morgan fingerprint density at radius 1 is 1.20 bits per heavy atom. The summed E-state index contributed by atoms with van der Waals surface area (Å²) in [6.45, 7) is 0. The predicted octanol–water partition coefficient (Wildman–Crippen LogP) is 1.74. The average Bonchev–Trinajstić information content (AvgIpc) is 2.96. The number of nitrogens with two attached hydrogens (primary N) is 1. The van der Waals surface area contributed by atoms with Crippen LogP contribution < -0.4 is 11.4 Å². The molecule has 3 nitrogen and oxygen atoms in total. The van der Waals surface area contributed by atoms with Crippen LogP contribution in [-0.2, 0) is 5.54 Å². The molecular formula is C12H11NO2. The molecule has 0 bridgehead atoms. The van der Waals surface area contributed by atoms with Gasteiger partial charge in [0.1, 0.15) is 5.58 Å². The largest absolute Gasteiger partial charge is 0.422 e. The molecule has 2 aromatic rings. The van der Waals surface area contributed by atoms with Crippen molar-refractivity contribution in [3.63, 3.8) is 0 Å². The SMILES string of the molecule is NC1(c2cccc3ccc(=O)oc23)CC1. The second-order valence-corrected chi connectivity index (χ2v) is 4.13. The molecule has 0 atom stereocenters. The van der Waals surface area contributed by atoms with Gasteiger partial charge in [0.05, 0.1) is 0 Å². The molecule has 0 unspecified atom stereocenters. The van der Waals surface area contributed by atoms with Crippen LogP contribution in [0, 0.1) is 0 Å². The number of para-hydroxylation sites is 1. The summed E-state index contributed by atoms with van der Waals surface area (Å²) < 4.78 is 5.22. The molecule has 76 valence electrons. The van der Waals surface area contributed by atoms with E-state index in [0.29, 0.717) is 5.58 Å². The first-order chi connectivity index (χ1) is 7.19. The predicted molar refractivity (Wildman–Crippen MR) is 57.6 cm³/mol. The Balaban J connectivity index is 2.38. The second kappa shape index (κ2) is 2.70. The summed E-state index contributed by atoms with van der Waals surface area (Å²) in [5.41, 5.74) is 7.13. The number of hydrogen-bond donors (Lipinski definition) is 1. The molecule has 1 aromatic carbocycles. The van der Waals surface area contributed by atoms with E-state index in [2.05, 4.69) is 0 Å². The fourth-order valence-corrected chi connectivity index (χ4v) is 1.89. The minimum absolute atomic E-state index is 0.267. The summed E-state index contributed by atoms with van der Waals surface area (Å²) in [5.74, 6) is 0. The molecule has 3 rings (SSSR count). The van der Waals surface area contributed by atoms with Crippen molar-refractivity contribution in [2.24, 2.45) is 5.73 Å². The Bertz CT molecular complexity index is 581. The lowest BCUT2D eigenvalue weighted by Crippen LogP contribution is -2.19. The maximum absolute atomic E-state index is 11.2. The zero-order valence-corrected chi connectivity index (χ0v) is 8.19. The lowest BCUT2D eigenvalue weighted by molar-refractivity contribution is 0.550. The molecular weight excluding hydrogens is 190 g/mol. The summed E-state index contributed by atoms with van der Waals surface area (Å²) in [4.78, 5) is 11.2. The number of fused-ring (bicyclic) bond motifs is 1. The quantitative estimate of drug-likeness (QED) is 0.715. The van der Waals surface area contributed by atoms with Crippen LogP contribution in [0.2, 0.25) is 0 Å². The summed E-state index contributed by atoms with van der Waals surface area (Å²) in [5, 5.41) is 0.934. The standard InChI is InChI=1S/C12H11NO2/c13-12(6-7-12)9-3-1-2-8-4-5-10(14)15-11(8)9/h1-5H,6-7,13H2. The molecule has 0 amide bonds. The van der Waals surface area contributed by atoms with Gasteiger partial charge < -0.3 is 10.2 Å². The van der Waals surface area contributed by atoms with E-state index in [-0.39, 0.29) is 11.2 Å². The summed E-state index contributed by atoms with van der Waals surface area (Å²) in [6, 6.07) is 9.02. The van der Waals surface area contributed by atoms with Gasteiger partial charge in [0.25, 0.3) is 0 Å². The normalized spacial score (nSPS) is 17.9. The first kappa shape index (κ1) is 8.68. The first-order valence-electron chi connectivity index (χ1n) is 5.01. The average molecular weight is 201 g/mol. The molecule has 1 aliphatic rings. The van der Waals surface area contributed by atoms with Crippen molar-refractivity contribution >= 4 is 11.0 Å². The lowest BCUT2D eigenvalue weighted by atomic mass is 10.0. The molecule has 0 saturated heterocycles. The van der Waals surface area contributed by atoms with Crippen molar-refractivity contribution in [3.8, 4) is 0 Å². The maximum Gasteiger partial charge on any atom is 0.336 e. The van der Waals surface area contributed by atoms with Crippen molar-refractivity contribution in [2.45, 2.75) is 18.4 Å². The molecule has 0 radical (unpaired) electrons. The number of benzene rings is 1. The highest BCUT2D eigenvalue weighted by molar-refractivity contribution is 5.81. The molecule has 3 heteroatoms. The van der Waals surface area contributed by atoms with Gasteiger partial charge in [0.2, 0.25) is 0 Å². The highest BCUT2D eigenvalue weighted by Gasteiger charge is 2.41. The van der Waals surface area contributed by atoms with E-state index in [1.165, 1.54) is 6.07 Å². The van der Waals surface area contributed by atoms with Gasteiger partial charge in [-0.1, -0.05) is 18.2 Å². The monoisotopic (exact) mass is 201 g/mol. The van der Waals surface area contributed by atoms with Gasteiger partial charge in [0, 0.05) is 22.6 Å². The molecule has 0 aliphatic heterocycles. The third-order valence-corrected chi connectivity index (χ3v) is 2.97. The number of hydrogen-bond acceptors (Lipinski definition) is 3. The van der Waals surface area contributed by atoms with Crippen molar-refractivity contribution in [1.82, 2.24) is 0 Å². The highest BCUT2D eigenvalue weighted by atomic mass is 16.4. The Kier molecular flexibility index (Phi) is 1.56. The van der Waals surface area contributed by atoms with Crippen molar-refractivity contribution in [3.05, 3.63) is 46.3 Å². The fourth-order valence-electron chi connectivity index (χ4n) is 1.89. The van der Waals surface area contributed by atoms with E-state index < -0.39 is 0 Å². The van der Waals surface area contributed by atoms with Crippen LogP contribution >= 0.6 is 0 Å². The molecule has 1 aromatic heterocycles. The van der Waals surface area contributed by atoms with Gasteiger partial charge in [-0.15, -0.1) is 0 Å². The van der Waals surface area contributed by atoms with Crippen LogP contribution in [0.5, 0.6) is 0 Å². The van der Waals surface area contributed by atoms with Crippen LogP contribution in [0.25, 0.3) is 11.0 Å². The van der Waals surface area contributed by atoms with E-state index in [9.17, 15) is 4.79 Å². The van der Waals surface area contributed by atoms with Gasteiger partial charge in [0.15, 0.2) is 0 Å². The zero-order chi connectivity index (χ0) is 10.5. The summed E-state index contributed by atoms with van der Waals surface area (Å²) >= 11 is 0. The molecule has 1 saturated carbocycles. The third kappa shape index (κ3) is 1.27. The van der Waals surface area contributed by atoms with Gasteiger partial charge in [-0.2, -0.15) is 0 Å². The van der Waals surface area contributed by atoms with Crippen LogP contribution in [-0.4, -0.2) is 0 Å². The van der Waals surface area contributed by atoms with E-state index in [0.717, 1.165) is 23.8 Å². The highest BCUT2D eigenvalue weighted by Crippen LogP contribution is 2.44. The molecule has 2 N–H and O–H groups in total. The van der Waals surface area contributed by atoms with Gasteiger partial charge in [-0.25, -0.2) is 4.79 Å². The molecule has 15 heavy (non-hydrogen) atoms. The fraction of sp³-hybridized carbons (Fsp3) is 0.250. The Hall–Kier alpha value is -1.61. The van der Waals surface area contributed by atoms with Crippen molar-refractivity contribution < 1.29 is 4.42 Å². The van der Waals surface area contributed by atoms with E-state index >= 15 is 0 Å². The lowest BCUT2D eigenvalue weighted by Gasteiger charge is -2.10. The Morgan fingerprint density at radius 2 is 2.00 bits per heavy atom. The minimum Gasteiger partial charge on any atom is -0.422 e. The van der Waals surface area contributed by atoms with Crippen LogP contribution in [0.1, 0.15) is 18.4 Å². The topological polar surface area (TPSA) is 56.2 Å². The second-order valence-electron chi connectivity index (χ2n) is 4.13. The Morgan fingerprint density at radius 3 is 2.73 bits per heavy atom. The van der Waals surface area contributed by atoms with E-state index in [1.807, 2.05) is 18.2 Å². The zero-order valence-electron chi connectivity index (χ0n) is 8.19. The molecule has 1 aliphatic carbocycles. The minimum atomic E-state index is -0.320. The van der Waals surface area contributed by atoms with Crippen LogP contribution in [0.15, 0.2) is 39.5 Å². The van der Waals surface area contributed by atoms with Crippen LogP contribution in [0.4, 0.5) is 0 Å². The molecule has 1 heterocycles. The van der Waals surface area contributed by atoms with Gasteiger partial charge in [-0.05, 0) is 18.9 Å².